The topological polar surface area (TPSA) is 37.4 Å². The summed E-state index contributed by atoms with van der Waals surface area (Å²) in [5.41, 5.74) is 1.18. The molecule has 4 nitrogen and oxygen atoms in total. The van der Waals surface area contributed by atoms with Crippen LogP contribution in [0.3, 0.4) is 0 Å². The molecule has 0 unspecified atom stereocenters. The van der Waals surface area contributed by atoms with Crippen LogP contribution < -0.4 is 5.32 Å². The summed E-state index contributed by atoms with van der Waals surface area (Å²) >= 11 is 1.71. The lowest BCUT2D eigenvalue weighted by molar-refractivity contribution is 0.0760. The number of nitrogens with zero attached hydrogens (tertiary/aromatic N) is 2. The molecular weight excluding hydrogens is 234 g/mol. The smallest absolute Gasteiger partial charge is 0.122 e. The Bertz CT molecular complexity index is 336. The number of hydrogen-bond donors (Lipinski definition) is 1. The minimum absolute atomic E-state index is 0.127. The van der Waals surface area contributed by atoms with E-state index in [1.165, 1.54) is 5.69 Å². The average Bonchev–Trinajstić information content (AvgIpc) is 2.79. The lowest BCUT2D eigenvalue weighted by Gasteiger charge is -2.26. The fraction of sp³-hybridized carbons (Fsp3) is 0.750. The Hall–Kier alpha value is -0.490. The van der Waals surface area contributed by atoms with E-state index < -0.39 is 0 Å². The van der Waals surface area contributed by atoms with Crippen molar-refractivity contribution < 1.29 is 4.74 Å². The standard InChI is InChI=1S/C12H21N3OS/c1-3-16-10(2)12-14-11(9-17-12)8-15-6-4-13-5-7-15/h9-10,13H,3-8H2,1-2H3/t10-/m1/s1. The normalized spacial score (nSPS) is 19.4. The molecule has 17 heavy (non-hydrogen) atoms. The van der Waals surface area contributed by atoms with Gasteiger partial charge in [-0.25, -0.2) is 4.98 Å². The van der Waals surface area contributed by atoms with Gasteiger partial charge in [-0.15, -0.1) is 11.3 Å². The fourth-order valence-electron chi connectivity index (χ4n) is 2.00. The summed E-state index contributed by atoms with van der Waals surface area (Å²) in [6.45, 7) is 10.2. The third-order valence-corrected chi connectivity index (χ3v) is 3.98. The first-order chi connectivity index (χ1) is 8.29. The number of ether oxygens (including phenoxy) is 1. The molecule has 0 amide bonds. The lowest BCUT2D eigenvalue weighted by Crippen LogP contribution is -2.42. The van der Waals surface area contributed by atoms with Crippen LogP contribution >= 0.6 is 11.3 Å². The molecule has 1 N–H and O–H groups in total. The zero-order valence-corrected chi connectivity index (χ0v) is 11.4. The van der Waals surface area contributed by atoms with Crippen molar-refractivity contribution in [2.75, 3.05) is 32.8 Å². The molecule has 0 radical (unpaired) electrons. The molecule has 0 aliphatic carbocycles. The van der Waals surface area contributed by atoms with E-state index in [9.17, 15) is 0 Å². The van der Waals surface area contributed by atoms with E-state index in [2.05, 4.69) is 27.5 Å². The van der Waals surface area contributed by atoms with Crippen molar-refractivity contribution in [3.63, 3.8) is 0 Å². The molecule has 2 rings (SSSR count). The summed E-state index contributed by atoms with van der Waals surface area (Å²) < 4.78 is 5.56. The molecule has 1 saturated heterocycles. The van der Waals surface area contributed by atoms with Crippen LogP contribution in [-0.2, 0) is 11.3 Å². The maximum Gasteiger partial charge on any atom is 0.122 e. The third-order valence-electron chi connectivity index (χ3n) is 2.93. The van der Waals surface area contributed by atoms with E-state index in [0.717, 1.165) is 44.3 Å². The van der Waals surface area contributed by atoms with Gasteiger partial charge < -0.3 is 10.1 Å². The van der Waals surface area contributed by atoms with Crippen molar-refractivity contribution in [2.45, 2.75) is 26.5 Å². The van der Waals surface area contributed by atoms with E-state index in [0.29, 0.717) is 0 Å². The predicted molar refractivity (Wildman–Crippen MR) is 70.3 cm³/mol. The van der Waals surface area contributed by atoms with E-state index in [1.54, 1.807) is 11.3 Å². The van der Waals surface area contributed by atoms with Crippen LogP contribution in [0.5, 0.6) is 0 Å². The zero-order chi connectivity index (χ0) is 12.1. The molecule has 0 saturated carbocycles. The Morgan fingerprint density at radius 3 is 3.00 bits per heavy atom. The summed E-state index contributed by atoms with van der Waals surface area (Å²) in [5, 5.41) is 6.62. The molecule has 1 aliphatic heterocycles. The molecule has 0 bridgehead atoms. The highest BCUT2D eigenvalue weighted by Gasteiger charge is 2.14. The van der Waals surface area contributed by atoms with Gasteiger partial charge in [0.25, 0.3) is 0 Å². The number of rotatable bonds is 5. The monoisotopic (exact) mass is 255 g/mol. The molecule has 1 fully saturated rings. The highest BCUT2D eigenvalue weighted by atomic mass is 32.1. The largest absolute Gasteiger partial charge is 0.372 e. The average molecular weight is 255 g/mol. The van der Waals surface area contributed by atoms with Gasteiger partial charge in [0.05, 0.1) is 5.69 Å². The first-order valence-corrected chi connectivity index (χ1v) is 7.16. The Labute approximate surface area is 107 Å². The summed E-state index contributed by atoms with van der Waals surface area (Å²) in [7, 11) is 0. The fourth-order valence-corrected chi connectivity index (χ4v) is 2.82. The summed E-state index contributed by atoms with van der Waals surface area (Å²) in [6.07, 6.45) is 0.127. The molecule has 96 valence electrons. The first-order valence-electron chi connectivity index (χ1n) is 6.28. The van der Waals surface area contributed by atoms with Gasteiger partial charge in [0.15, 0.2) is 0 Å². The summed E-state index contributed by atoms with van der Waals surface area (Å²) in [5.74, 6) is 0. The van der Waals surface area contributed by atoms with Gasteiger partial charge in [-0.05, 0) is 13.8 Å². The van der Waals surface area contributed by atoms with Crippen LogP contribution in [0, 0.1) is 0 Å². The molecular formula is C12H21N3OS. The highest BCUT2D eigenvalue weighted by Crippen LogP contribution is 2.21. The molecule has 2 heterocycles. The maximum atomic E-state index is 5.56. The van der Waals surface area contributed by atoms with Gasteiger partial charge in [-0.2, -0.15) is 0 Å². The van der Waals surface area contributed by atoms with Crippen molar-refractivity contribution in [3.8, 4) is 0 Å². The van der Waals surface area contributed by atoms with Crippen LogP contribution in [0.25, 0.3) is 0 Å². The van der Waals surface area contributed by atoms with Crippen LogP contribution in [0.2, 0.25) is 0 Å². The van der Waals surface area contributed by atoms with Gasteiger partial charge in [0.2, 0.25) is 0 Å². The molecule has 0 aromatic carbocycles. The van der Waals surface area contributed by atoms with Crippen molar-refractivity contribution >= 4 is 11.3 Å². The Morgan fingerprint density at radius 1 is 1.53 bits per heavy atom. The number of nitrogens with one attached hydrogen (secondary N) is 1. The molecule has 0 spiro atoms. The molecule has 1 aliphatic rings. The van der Waals surface area contributed by atoms with Crippen LogP contribution in [0.15, 0.2) is 5.38 Å². The van der Waals surface area contributed by atoms with Gasteiger partial charge in [0, 0.05) is 44.7 Å². The van der Waals surface area contributed by atoms with Crippen molar-refractivity contribution in [3.05, 3.63) is 16.1 Å². The van der Waals surface area contributed by atoms with E-state index >= 15 is 0 Å². The zero-order valence-electron chi connectivity index (χ0n) is 10.6. The molecule has 5 heteroatoms. The second-order valence-electron chi connectivity index (χ2n) is 4.30. The molecule has 1 aromatic rings. The second kappa shape index (κ2) is 6.44. The Balaban J connectivity index is 1.88. The van der Waals surface area contributed by atoms with Crippen LogP contribution in [-0.4, -0.2) is 42.7 Å². The predicted octanol–water partition coefficient (Wildman–Crippen LogP) is 1.65. The maximum absolute atomic E-state index is 5.56. The van der Waals surface area contributed by atoms with Gasteiger partial charge in [-0.3, -0.25) is 4.90 Å². The number of piperazine rings is 1. The van der Waals surface area contributed by atoms with E-state index in [1.807, 2.05) is 6.92 Å². The van der Waals surface area contributed by atoms with Crippen molar-refractivity contribution in [2.24, 2.45) is 0 Å². The Morgan fingerprint density at radius 2 is 2.29 bits per heavy atom. The van der Waals surface area contributed by atoms with E-state index in [-0.39, 0.29) is 6.10 Å². The van der Waals surface area contributed by atoms with Gasteiger partial charge >= 0.3 is 0 Å². The SMILES string of the molecule is CCO[C@H](C)c1nc(CN2CCNCC2)cs1. The van der Waals surface area contributed by atoms with Crippen LogP contribution in [0.1, 0.15) is 30.7 Å². The molecule has 1 atom stereocenters. The Kier molecular flexibility index (Phi) is 4.91. The van der Waals surface area contributed by atoms with Crippen molar-refractivity contribution in [1.82, 2.24) is 15.2 Å². The van der Waals surface area contributed by atoms with Gasteiger partial charge in [0.1, 0.15) is 11.1 Å². The molecule has 1 aromatic heterocycles. The van der Waals surface area contributed by atoms with Gasteiger partial charge in [-0.1, -0.05) is 0 Å². The minimum atomic E-state index is 0.127. The lowest BCUT2D eigenvalue weighted by atomic mass is 10.3. The quantitative estimate of drug-likeness (QED) is 0.868. The number of hydrogen-bond acceptors (Lipinski definition) is 5. The number of aromatic nitrogens is 1. The second-order valence-corrected chi connectivity index (χ2v) is 5.19. The van der Waals surface area contributed by atoms with Crippen molar-refractivity contribution in [1.29, 1.82) is 0 Å². The minimum Gasteiger partial charge on any atom is -0.372 e. The third kappa shape index (κ3) is 3.74. The first kappa shape index (κ1) is 13.0. The van der Waals surface area contributed by atoms with E-state index in [4.69, 9.17) is 4.74 Å². The summed E-state index contributed by atoms with van der Waals surface area (Å²) in [4.78, 5) is 7.10. The van der Waals surface area contributed by atoms with Crippen LogP contribution in [0.4, 0.5) is 0 Å². The number of thiazole rings is 1. The summed E-state index contributed by atoms with van der Waals surface area (Å²) in [6, 6.07) is 0. The highest BCUT2D eigenvalue weighted by molar-refractivity contribution is 7.09.